The first-order chi connectivity index (χ1) is 9.07. The Bertz CT molecular complexity index is 413. The number of hydrogen-bond acceptors (Lipinski definition) is 3. The molecule has 0 aliphatic rings. The van der Waals surface area contributed by atoms with E-state index in [-0.39, 0.29) is 11.8 Å². The molecular formula is C14H20F3NO2. The number of ether oxygens (including phenoxy) is 1. The van der Waals surface area contributed by atoms with E-state index in [2.05, 4.69) is 10.1 Å². The molecule has 0 bridgehead atoms. The van der Waals surface area contributed by atoms with Crippen molar-refractivity contribution in [3.05, 3.63) is 29.8 Å². The quantitative estimate of drug-likeness (QED) is 0.847. The molecule has 0 aliphatic carbocycles. The van der Waals surface area contributed by atoms with Gasteiger partial charge in [-0.25, -0.2) is 0 Å². The number of hydrogen-bond donors (Lipinski definition) is 2. The number of rotatable bonds is 6. The van der Waals surface area contributed by atoms with Crippen LogP contribution in [0.3, 0.4) is 0 Å². The second-order valence-electron chi connectivity index (χ2n) is 5.40. The van der Waals surface area contributed by atoms with Crippen molar-refractivity contribution >= 4 is 0 Å². The van der Waals surface area contributed by atoms with E-state index in [1.54, 1.807) is 6.92 Å². The van der Waals surface area contributed by atoms with Crippen LogP contribution in [0.4, 0.5) is 13.2 Å². The summed E-state index contributed by atoms with van der Waals surface area (Å²) in [5.74, 6) is -0.263. The van der Waals surface area contributed by atoms with Crippen LogP contribution in [-0.2, 0) is 6.42 Å². The van der Waals surface area contributed by atoms with E-state index in [0.29, 0.717) is 13.0 Å². The maximum Gasteiger partial charge on any atom is 0.573 e. The van der Waals surface area contributed by atoms with Crippen molar-refractivity contribution in [2.24, 2.45) is 0 Å². The fourth-order valence-corrected chi connectivity index (χ4v) is 1.74. The molecule has 114 valence electrons. The minimum atomic E-state index is -4.69. The van der Waals surface area contributed by atoms with Crippen LogP contribution in [0.25, 0.3) is 0 Å². The van der Waals surface area contributed by atoms with Crippen LogP contribution >= 0.6 is 0 Å². The zero-order valence-corrected chi connectivity index (χ0v) is 11.8. The average molecular weight is 291 g/mol. The number of alkyl halides is 3. The second-order valence-corrected chi connectivity index (χ2v) is 5.40. The molecule has 0 spiro atoms. The molecule has 0 aromatic heterocycles. The summed E-state index contributed by atoms with van der Waals surface area (Å²) in [6.45, 7) is 6.03. The van der Waals surface area contributed by atoms with Crippen LogP contribution in [0.1, 0.15) is 26.3 Å². The van der Waals surface area contributed by atoms with Crippen molar-refractivity contribution < 1.29 is 23.0 Å². The molecule has 1 aromatic carbocycles. The van der Waals surface area contributed by atoms with Gasteiger partial charge in [-0.15, -0.1) is 13.2 Å². The highest BCUT2D eigenvalue weighted by Gasteiger charge is 2.31. The van der Waals surface area contributed by atoms with Gasteiger partial charge in [-0.2, -0.15) is 0 Å². The molecule has 0 heterocycles. The first-order valence-electron chi connectivity index (χ1n) is 6.38. The Balaban J connectivity index is 2.60. The Morgan fingerprint density at radius 3 is 2.20 bits per heavy atom. The lowest BCUT2D eigenvalue weighted by Gasteiger charge is -2.25. The first-order valence-corrected chi connectivity index (χ1v) is 6.38. The average Bonchev–Trinajstić information content (AvgIpc) is 2.27. The first kappa shape index (κ1) is 16.8. The predicted molar refractivity (Wildman–Crippen MR) is 70.6 cm³/mol. The molecule has 6 heteroatoms. The molecule has 1 unspecified atom stereocenters. The van der Waals surface area contributed by atoms with Gasteiger partial charge in [0.25, 0.3) is 0 Å². The maximum atomic E-state index is 12.0. The lowest BCUT2D eigenvalue weighted by atomic mass is 9.96. The third-order valence-electron chi connectivity index (χ3n) is 2.63. The molecule has 1 aromatic rings. The molecule has 3 nitrogen and oxygen atoms in total. The topological polar surface area (TPSA) is 41.5 Å². The Hall–Kier alpha value is -1.27. The lowest BCUT2D eigenvalue weighted by molar-refractivity contribution is -0.274. The molecule has 0 saturated carbocycles. The highest BCUT2D eigenvalue weighted by Crippen LogP contribution is 2.23. The van der Waals surface area contributed by atoms with Gasteiger partial charge in [0.1, 0.15) is 5.75 Å². The molecule has 0 saturated heterocycles. The zero-order valence-electron chi connectivity index (χ0n) is 11.8. The Morgan fingerprint density at radius 1 is 1.20 bits per heavy atom. The fraction of sp³-hybridized carbons (Fsp3) is 0.571. The van der Waals surface area contributed by atoms with Gasteiger partial charge in [-0.3, -0.25) is 0 Å². The normalized spacial score (nSPS) is 15.2. The number of halogens is 3. The zero-order chi connectivity index (χ0) is 15.4. The Labute approximate surface area is 116 Å². The largest absolute Gasteiger partial charge is 0.573 e. The number of nitrogens with one attached hydrogen (secondary N) is 1. The van der Waals surface area contributed by atoms with Gasteiger partial charge in [-0.05, 0) is 24.6 Å². The lowest BCUT2D eigenvalue weighted by Crippen LogP contribution is -2.42. The van der Waals surface area contributed by atoms with Crippen LogP contribution in [0, 0.1) is 0 Å². The van der Waals surface area contributed by atoms with Crippen molar-refractivity contribution in [1.29, 1.82) is 0 Å². The summed E-state index contributed by atoms with van der Waals surface area (Å²) in [7, 11) is 0. The van der Waals surface area contributed by atoms with Crippen LogP contribution in [0.2, 0.25) is 0 Å². The summed E-state index contributed by atoms with van der Waals surface area (Å²) in [5, 5.41) is 13.3. The molecule has 0 radical (unpaired) electrons. The van der Waals surface area contributed by atoms with E-state index in [0.717, 1.165) is 5.56 Å². The standard InChI is InChI=1S/C14H20F3NO2/c1-10(2)18-9-13(3,19)8-11-4-6-12(7-5-11)20-14(15,16)17/h4-7,10,18-19H,8-9H2,1-3H3. The van der Waals surface area contributed by atoms with Crippen molar-refractivity contribution in [3.8, 4) is 5.75 Å². The minimum absolute atomic E-state index is 0.254. The predicted octanol–water partition coefficient (Wildman–Crippen LogP) is 2.88. The van der Waals surface area contributed by atoms with Gasteiger partial charge in [0, 0.05) is 19.0 Å². The minimum Gasteiger partial charge on any atom is -0.406 e. The SMILES string of the molecule is CC(C)NCC(C)(O)Cc1ccc(OC(F)(F)F)cc1. The third kappa shape index (κ3) is 6.77. The summed E-state index contributed by atoms with van der Waals surface area (Å²) < 4.78 is 39.8. The Morgan fingerprint density at radius 2 is 1.75 bits per heavy atom. The van der Waals surface area contributed by atoms with E-state index in [4.69, 9.17) is 0 Å². The van der Waals surface area contributed by atoms with E-state index in [9.17, 15) is 18.3 Å². The van der Waals surface area contributed by atoms with Crippen molar-refractivity contribution in [2.45, 2.75) is 45.2 Å². The third-order valence-corrected chi connectivity index (χ3v) is 2.63. The van der Waals surface area contributed by atoms with Crippen molar-refractivity contribution in [2.75, 3.05) is 6.54 Å². The molecule has 0 aliphatic heterocycles. The van der Waals surface area contributed by atoms with Crippen LogP contribution in [0.5, 0.6) is 5.75 Å². The smallest absolute Gasteiger partial charge is 0.406 e. The molecule has 0 fully saturated rings. The van der Waals surface area contributed by atoms with Gasteiger partial charge in [0.2, 0.25) is 0 Å². The molecule has 0 amide bonds. The fourth-order valence-electron chi connectivity index (χ4n) is 1.74. The van der Waals surface area contributed by atoms with Gasteiger partial charge in [-0.1, -0.05) is 26.0 Å². The summed E-state index contributed by atoms with van der Waals surface area (Å²) in [6, 6.07) is 5.78. The van der Waals surface area contributed by atoms with E-state index >= 15 is 0 Å². The Kier molecular flexibility index (Phi) is 5.42. The van der Waals surface area contributed by atoms with Crippen molar-refractivity contribution in [1.82, 2.24) is 5.32 Å². The summed E-state index contributed by atoms with van der Waals surface area (Å²) >= 11 is 0. The van der Waals surface area contributed by atoms with E-state index in [1.807, 2.05) is 13.8 Å². The molecule has 2 N–H and O–H groups in total. The monoisotopic (exact) mass is 291 g/mol. The highest BCUT2D eigenvalue weighted by atomic mass is 19.4. The highest BCUT2D eigenvalue weighted by molar-refractivity contribution is 5.28. The maximum absolute atomic E-state index is 12.0. The van der Waals surface area contributed by atoms with E-state index in [1.165, 1.54) is 24.3 Å². The summed E-state index contributed by atoms with van der Waals surface area (Å²) in [4.78, 5) is 0. The van der Waals surface area contributed by atoms with Crippen molar-refractivity contribution in [3.63, 3.8) is 0 Å². The molecule has 20 heavy (non-hydrogen) atoms. The molecule has 1 rings (SSSR count). The van der Waals surface area contributed by atoms with Gasteiger partial charge in [0.15, 0.2) is 0 Å². The number of aliphatic hydroxyl groups is 1. The summed E-state index contributed by atoms with van der Waals surface area (Å²) in [5.41, 5.74) is -0.216. The number of benzene rings is 1. The van der Waals surface area contributed by atoms with Gasteiger partial charge >= 0.3 is 6.36 Å². The molecular weight excluding hydrogens is 271 g/mol. The van der Waals surface area contributed by atoms with Crippen LogP contribution in [-0.4, -0.2) is 29.7 Å². The second kappa shape index (κ2) is 6.45. The van der Waals surface area contributed by atoms with Crippen LogP contribution < -0.4 is 10.1 Å². The van der Waals surface area contributed by atoms with Crippen LogP contribution in [0.15, 0.2) is 24.3 Å². The van der Waals surface area contributed by atoms with E-state index < -0.39 is 12.0 Å². The molecule has 1 atom stereocenters. The summed E-state index contributed by atoms with van der Waals surface area (Å²) in [6.07, 6.45) is -4.34. The van der Waals surface area contributed by atoms with Gasteiger partial charge in [0.05, 0.1) is 5.60 Å². The van der Waals surface area contributed by atoms with Gasteiger partial charge < -0.3 is 15.2 Å².